The van der Waals surface area contributed by atoms with Crippen molar-refractivity contribution in [3.05, 3.63) is 54.1 Å². The molecule has 2 aromatic rings. The van der Waals surface area contributed by atoms with Crippen LogP contribution in [-0.4, -0.2) is 56.6 Å². The van der Waals surface area contributed by atoms with Gasteiger partial charge in [-0.25, -0.2) is 0 Å². The lowest BCUT2D eigenvalue weighted by Gasteiger charge is -2.18. The quantitative estimate of drug-likeness (QED) is 0.503. The zero-order valence-electron chi connectivity index (χ0n) is 18.6. The van der Waals surface area contributed by atoms with E-state index in [1.807, 2.05) is 48.2 Å². The Bertz CT molecular complexity index is 865. The maximum absolute atomic E-state index is 11.8. The van der Waals surface area contributed by atoms with E-state index in [1.54, 1.807) is 14.2 Å². The molecule has 1 atom stereocenters. The molecular formula is C24H32N4O3. The smallest absolute Gasteiger partial charge is 0.222 e. The summed E-state index contributed by atoms with van der Waals surface area (Å²) in [5, 5.41) is 6.78. The zero-order chi connectivity index (χ0) is 22.1. The average molecular weight is 425 g/mol. The van der Waals surface area contributed by atoms with Gasteiger partial charge in [-0.15, -0.1) is 0 Å². The summed E-state index contributed by atoms with van der Waals surface area (Å²) in [5.74, 6) is 3.37. The molecule has 166 valence electrons. The summed E-state index contributed by atoms with van der Waals surface area (Å²) in [5.41, 5.74) is 1.21. The molecule has 1 amide bonds. The van der Waals surface area contributed by atoms with Crippen molar-refractivity contribution in [2.24, 2.45) is 4.99 Å². The second-order valence-corrected chi connectivity index (χ2v) is 7.49. The van der Waals surface area contributed by atoms with Gasteiger partial charge in [0, 0.05) is 39.1 Å². The Morgan fingerprint density at radius 1 is 1.10 bits per heavy atom. The number of guanidine groups is 1. The van der Waals surface area contributed by atoms with E-state index in [0.717, 1.165) is 55.7 Å². The number of ether oxygens (including phenoxy) is 2. The maximum Gasteiger partial charge on any atom is 0.222 e. The van der Waals surface area contributed by atoms with Gasteiger partial charge in [0.15, 0.2) is 5.96 Å². The number of nitrogens with zero attached hydrogens (tertiary/aromatic N) is 2. The van der Waals surface area contributed by atoms with Crippen molar-refractivity contribution in [1.82, 2.24) is 15.5 Å². The lowest BCUT2D eigenvalue weighted by Crippen LogP contribution is -2.45. The number of likely N-dealkylation sites (tertiary alicyclic amines) is 1. The largest absolute Gasteiger partial charge is 0.497 e. The molecule has 1 saturated heterocycles. The molecule has 7 nitrogen and oxygen atoms in total. The molecule has 1 aliphatic rings. The van der Waals surface area contributed by atoms with Crippen LogP contribution in [0.2, 0.25) is 0 Å². The molecule has 3 rings (SSSR count). The molecular weight excluding hydrogens is 392 g/mol. The van der Waals surface area contributed by atoms with Crippen LogP contribution in [0.5, 0.6) is 17.2 Å². The molecule has 0 aromatic heterocycles. The van der Waals surface area contributed by atoms with E-state index >= 15 is 0 Å². The number of carbonyl (C=O) groups is 1. The summed E-state index contributed by atoms with van der Waals surface area (Å²) < 4.78 is 11.0. The molecule has 1 unspecified atom stereocenters. The number of hydrogen-bond acceptors (Lipinski definition) is 4. The molecule has 7 heteroatoms. The Kier molecular flexibility index (Phi) is 8.15. The Hall–Kier alpha value is -3.22. The first-order valence-corrected chi connectivity index (χ1v) is 10.8. The van der Waals surface area contributed by atoms with Crippen LogP contribution in [0.25, 0.3) is 0 Å². The molecule has 0 radical (unpaired) electrons. The van der Waals surface area contributed by atoms with Crippen molar-refractivity contribution in [3.63, 3.8) is 0 Å². The highest BCUT2D eigenvalue weighted by atomic mass is 16.5. The molecule has 1 heterocycles. The first-order valence-electron chi connectivity index (χ1n) is 10.8. The highest BCUT2D eigenvalue weighted by Crippen LogP contribution is 2.24. The molecule has 2 N–H and O–H groups in total. The molecule has 1 fully saturated rings. The Labute approximate surface area is 184 Å². The number of carbonyl (C=O) groups excluding carboxylic acids is 1. The van der Waals surface area contributed by atoms with Gasteiger partial charge in [-0.2, -0.15) is 0 Å². The van der Waals surface area contributed by atoms with Crippen molar-refractivity contribution >= 4 is 11.9 Å². The van der Waals surface area contributed by atoms with Gasteiger partial charge in [-0.3, -0.25) is 9.79 Å². The summed E-state index contributed by atoms with van der Waals surface area (Å²) >= 11 is 0. The summed E-state index contributed by atoms with van der Waals surface area (Å²) in [4.78, 5) is 18.1. The fourth-order valence-corrected chi connectivity index (χ4v) is 3.55. The Balaban J connectivity index is 1.41. The van der Waals surface area contributed by atoms with Crippen LogP contribution in [0.4, 0.5) is 0 Å². The highest BCUT2D eigenvalue weighted by Gasteiger charge is 2.25. The third-order valence-electron chi connectivity index (χ3n) is 5.33. The van der Waals surface area contributed by atoms with Crippen LogP contribution >= 0.6 is 0 Å². The van der Waals surface area contributed by atoms with E-state index < -0.39 is 0 Å². The maximum atomic E-state index is 11.8. The zero-order valence-corrected chi connectivity index (χ0v) is 18.6. The van der Waals surface area contributed by atoms with E-state index in [4.69, 9.17) is 9.47 Å². The number of amides is 1. The first kappa shape index (κ1) is 22.5. The summed E-state index contributed by atoms with van der Waals surface area (Å²) in [6.45, 7) is 4.22. The normalized spacial score (nSPS) is 16.2. The minimum Gasteiger partial charge on any atom is -0.497 e. The summed E-state index contributed by atoms with van der Waals surface area (Å²) in [7, 11) is 3.41. The van der Waals surface area contributed by atoms with Gasteiger partial charge in [0.2, 0.25) is 5.91 Å². The lowest BCUT2D eigenvalue weighted by atomic mass is 10.1. The second-order valence-electron chi connectivity index (χ2n) is 7.49. The second kappa shape index (κ2) is 11.2. The fraction of sp³-hybridized carbons (Fsp3) is 0.417. The average Bonchev–Trinajstić information content (AvgIpc) is 3.28. The van der Waals surface area contributed by atoms with Crippen molar-refractivity contribution in [2.45, 2.75) is 32.2 Å². The third kappa shape index (κ3) is 6.64. The number of rotatable bonds is 8. The molecule has 31 heavy (non-hydrogen) atoms. The minimum atomic E-state index is 0.215. The first-order chi connectivity index (χ1) is 15.1. The predicted molar refractivity (Wildman–Crippen MR) is 123 cm³/mol. The predicted octanol–water partition coefficient (Wildman–Crippen LogP) is 3.21. The van der Waals surface area contributed by atoms with Crippen LogP contribution in [0.1, 0.15) is 25.3 Å². The van der Waals surface area contributed by atoms with Gasteiger partial charge in [-0.1, -0.05) is 19.1 Å². The SMILES string of the molecule is CCC(=O)N1CCC(NC(=NC)NCCc2ccc(Oc3ccc(OC)cc3)cc2)C1. The van der Waals surface area contributed by atoms with E-state index in [1.165, 1.54) is 5.56 Å². The van der Waals surface area contributed by atoms with Gasteiger partial charge in [0.25, 0.3) is 0 Å². The van der Waals surface area contributed by atoms with Crippen LogP contribution in [0, 0.1) is 0 Å². The molecule has 2 aromatic carbocycles. The molecule has 0 spiro atoms. The number of aliphatic imine (C=N–C) groups is 1. The van der Waals surface area contributed by atoms with Gasteiger partial charge in [-0.05, 0) is 54.8 Å². The van der Waals surface area contributed by atoms with Gasteiger partial charge >= 0.3 is 0 Å². The van der Waals surface area contributed by atoms with E-state index in [9.17, 15) is 4.79 Å². The number of hydrogen-bond donors (Lipinski definition) is 2. The lowest BCUT2D eigenvalue weighted by molar-refractivity contribution is -0.129. The third-order valence-corrected chi connectivity index (χ3v) is 5.33. The van der Waals surface area contributed by atoms with Crippen molar-refractivity contribution in [1.29, 1.82) is 0 Å². The van der Waals surface area contributed by atoms with Crippen molar-refractivity contribution in [3.8, 4) is 17.2 Å². The van der Waals surface area contributed by atoms with E-state index in [-0.39, 0.29) is 11.9 Å². The topological polar surface area (TPSA) is 75.2 Å². The van der Waals surface area contributed by atoms with Gasteiger partial charge in [0.1, 0.15) is 17.2 Å². The van der Waals surface area contributed by atoms with Crippen LogP contribution in [0.3, 0.4) is 0 Å². The van der Waals surface area contributed by atoms with Crippen molar-refractivity contribution in [2.75, 3.05) is 33.8 Å². The molecule has 0 aliphatic carbocycles. The molecule has 0 saturated carbocycles. The number of methoxy groups -OCH3 is 1. The summed E-state index contributed by atoms with van der Waals surface area (Å²) in [6, 6.07) is 15.9. The van der Waals surface area contributed by atoms with E-state index in [2.05, 4.69) is 27.8 Å². The molecule has 0 bridgehead atoms. The monoisotopic (exact) mass is 424 g/mol. The Morgan fingerprint density at radius 3 is 2.35 bits per heavy atom. The fourth-order valence-electron chi connectivity index (χ4n) is 3.55. The minimum absolute atomic E-state index is 0.215. The standard InChI is InChI=1S/C24H32N4O3/c1-4-23(29)28-16-14-19(17-28)27-24(25-2)26-15-13-18-5-7-21(8-6-18)31-22-11-9-20(30-3)10-12-22/h5-12,19H,4,13-17H2,1-3H3,(H2,25,26,27). The highest BCUT2D eigenvalue weighted by molar-refractivity contribution is 5.80. The van der Waals surface area contributed by atoms with Gasteiger partial charge in [0.05, 0.1) is 7.11 Å². The van der Waals surface area contributed by atoms with Crippen LogP contribution in [-0.2, 0) is 11.2 Å². The van der Waals surface area contributed by atoms with Crippen LogP contribution in [0.15, 0.2) is 53.5 Å². The van der Waals surface area contributed by atoms with Gasteiger partial charge < -0.3 is 25.0 Å². The summed E-state index contributed by atoms with van der Waals surface area (Å²) in [6.07, 6.45) is 2.38. The number of benzene rings is 2. The van der Waals surface area contributed by atoms with Crippen molar-refractivity contribution < 1.29 is 14.3 Å². The van der Waals surface area contributed by atoms with Crippen LogP contribution < -0.4 is 20.1 Å². The molecule has 1 aliphatic heterocycles. The Morgan fingerprint density at radius 2 is 1.74 bits per heavy atom. The number of nitrogens with one attached hydrogen (secondary N) is 2. The van der Waals surface area contributed by atoms with E-state index in [0.29, 0.717) is 6.42 Å².